The molecule has 1 saturated heterocycles. The van der Waals surface area contributed by atoms with Crippen LogP contribution in [0.2, 0.25) is 0 Å². The fourth-order valence-corrected chi connectivity index (χ4v) is 4.67. The molecule has 0 amide bonds. The van der Waals surface area contributed by atoms with Crippen molar-refractivity contribution in [3.63, 3.8) is 0 Å². The number of hydrogen-bond donors (Lipinski definition) is 1. The van der Waals surface area contributed by atoms with Crippen molar-refractivity contribution in [1.82, 2.24) is 0 Å². The fourth-order valence-electron chi connectivity index (χ4n) is 2.09. The van der Waals surface area contributed by atoms with E-state index >= 15 is 0 Å². The van der Waals surface area contributed by atoms with Gasteiger partial charge < -0.3 is 5.73 Å². The molecule has 0 bridgehead atoms. The zero-order chi connectivity index (χ0) is 11.3. The Hall–Kier alpha value is -0.120. The average Bonchev–Trinajstić information content (AvgIpc) is 2.80. The summed E-state index contributed by atoms with van der Waals surface area (Å²) in [6.07, 6.45) is 3.90. The molecule has 1 atom stereocenters. The van der Waals surface area contributed by atoms with Crippen LogP contribution in [-0.2, 0) is 0 Å². The van der Waals surface area contributed by atoms with Gasteiger partial charge in [-0.05, 0) is 42.9 Å². The molecule has 1 aromatic rings. The highest BCUT2D eigenvalue weighted by atomic mass is 32.2. The summed E-state index contributed by atoms with van der Waals surface area (Å²) >= 11 is 4.04. The number of nitrogens with two attached hydrogens (primary N) is 1. The van der Waals surface area contributed by atoms with Crippen molar-refractivity contribution in [3.05, 3.63) is 30.3 Å². The second kappa shape index (κ2) is 5.99. The number of thioether (sulfide) groups is 2. The van der Waals surface area contributed by atoms with E-state index in [9.17, 15) is 0 Å². The lowest BCUT2D eigenvalue weighted by molar-refractivity contribution is 0.555. The minimum Gasteiger partial charge on any atom is -0.329 e. The zero-order valence-electron chi connectivity index (χ0n) is 9.52. The Bertz CT molecular complexity index is 307. The van der Waals surface area contributed by atoms with Gasteiger partial charge in [-0.15, -0.1) is 11.8 Å². The van der Waals surface area contributed by atoms with Crippen molar-refractivity contribution in [2.24, 2.45) is 5.73 Å². The van der Waals surface area contributed by atoms with Crippen LogP contribution in [0.15, 0.2) is 35.2 Å². The Morgan fingerprint density at radius 3 is 2.75 bits per heavy atom. The Labute approximate surface area is 107 Å². The third-order valence-corrected chi connectivity index (χ3v) is 5.82. The third-order valence-electron chi connectivity index (χ3n) is 3.13. The molecular weight excluding hydrogens is 234 g/mol. The van der Waals surface area contributed by atoms with Crippen LogP contribution in [-0.4, -0.2) is 22.8 Å². The van der Waals surface area contributed by atoms with Gasteiger partial charge >= 0.3 is 0 Å². The monoisotopic (exact) mass is 253 g/mol. The largest absolute Gasteiger partial charge is 0.329 e. The summed E-state index contributed by atoms with van der Waals surface area (Å²) in [4.78, 5) is 1.37. The summed E-state index contributed by atoms with van der Waals surface area (Å²) in [6.45, 7) is 0.840. The van der Waals surface area contributed by atoms with Crippen molar-refractivity contribution >= 4 is 23.5 Å². The van der Waals surface area contributed by atoms with Crippen molar-refractivity contribution < 1.29 is 0 Å². The highest BCUT2D eigenvalue weighted by molar-refractivity contribution is 8.01. The van der Waals surface area contributed by atoms with Crippen LogP contribution < -0.4 is 5.73 Å². The van der Waals surface area contributed by atoms with Gasteiger partial charge in [0.2, 0.25) is 0 Å². The second-order valence-corrected chi connectivity index (χ2v) is 6.98. The lowest BCUT2D eigenvalue weighted by Crippen LogP contribution is -2.32. The van der Waals surface area contributed by atoms with E-state index in [4.69, 9.17) is 5.73 Å². The van der Waals surface area contributed by atoms with E-state index < -0.39 is 0 Å². The van der Waals surface area contributed by atoms with Gasteiger partial charge in [-0.25, -0.2) is 0 Å². The van der Waals surface area contributed by atoms with Crippen LogP contribution in [0.25, 0.3) is 0 Å². The molecular formula is C13H19NS2. The molecule has 88 valence electrons. The Morgan fingerprint density at radius 1 is 1.31 bits per heavy atom. The van der Waals surface area contributed by atoms with Gasteiger partial charge in [0.15, 0.2) is 0 Å². The van der Waals surface area contributed by atoms with Gasteiger partial charge in [-0.3, -0.25) is 0 Å². The summed E-state index contributed by atoms with van der Waals surface area (Å²) in [6, 6.07) is 10.6. The van der Waals surface area contributed by atoms with E-state index in [1.54, 1.807) is 0 Å². The van der Waals surface area contributed by atoms with Crippen LogP contribution in [0.1, 0.15) is 19.3 Å². The van der Waals surface area contributed by atoms with Gasteiger partial charge in [-0.1, -0.05) is 18.2 Å². The van der Waals surface area contributed by atoms with Crippen molar-refractivity contribution in [2.75, 3.05) is 18.1 Å². The highest BCUT2D eigenvalue weighted by Gasteiger charge is 2.32. The van der Waals surface area contributed by atoms with E-state index in [-0.39, 0.29) is 0 Å². The lowest BCUT2D eigenvalue weighted by Gasteiger charge is -2.25. The van der Waals surface area contributed by atoms with E-state index in [1.165, 1.54) is 35.7 Å². The molecule has 0 saturated carbocycles. The second-order valence-electron chi connectivity index (χ2n) is 4.25. The molecule has 1 fully saturated rings. The minimum atomic E-state index is 0.391. The smallest absolute Gasteiger partial charge is 0.0290 e. The zero-order valence-corrected chi connectivity index (χ0v) is 11.2. The van der Waals surface area contributed by atoms with E-state index in [0.29, 0.717) is 4.75 Å². The molecule has 16 heavy (non-hydrogen) atoms. The van der Waals surface area contributed by atoms with Crippen LogP contribution in [0.4, 0.5) is 0 Å². The first-order chi connectivity index (χ1) is 7.85. The van der Waals surface area contributed by atoms with Gasteiger partial charge in [0.25, 0.3) is 0 Å². The van der Waals surface area contributed by atoms with E-state index in [1.807, 2.05) is 11.8 Å². The Kier molecular flexibility index (Phi) is 4.62. The fraction of sp³-hybridized carbons (Fsp3) is 0.538. The highest BCUT2D eigenvalue weighted by Crippen LogP contribution is 2.41. The summed E-state index contributed by atoms with van der Waals surface area (Å²) in [5.41, 5.74) is 5.92. The molecule has 1 aliphatic heterocycles. The van der Waals surface area contributed by atoms with Crippen LogP contribution in [0, 0.1) is 0 Å². The minimum absolute atomic E-state index is 0.391. The predicted molar refractivity (Wildman–Crippen MR) is 75.3 cm³/mol. The molecule has 0 spiro atoms. The van der Waals surface area contributed by atoms with Crippen molar-refractivity contribution in [1.29, 1.82) is 0 Å². The van der Waals surface area contributed by atoms with Crippen LogP contribution >= 0.6 is 23.5 Å². The maximum Gasteiger partial charge on any atom is 0.0290 e. The van der Waals surface area contributed by atoms with Crippen molar-refractivity contribution in [3.8, 4) is 0 Å². The molecule has 1 unspecified atom stereocenters. The first kappa shape index (κ1) is 12.3. The molecule has 2 rings (SSSR count). The molecule has 0 radical (unpaired) electrons. The first-order valence-electron chi connectivity index (χ1n) is 5.87. The van der Waals surface area contributed by atoms with E-state index in [2.05, 4.69) is 42.1 Å². The van der Waals surface area contributed by atoms with Gasteiger partial charge in [0.05, 0.1) is 0 Å². The van der Waals surface area contributed by atoms with Crippen molar-refractivity contribution in [2.45, 2.75) is 28.9 Å². The molecule has 1 heterocycles. The first-order valence-corrected chi connectivity index (χ1v) is 7.84. The molecule has 0 aromatic heterocycles. The average molecular weight is 253 g/mol. The van der Waals surface area contributed by atoms with Gasteiger partial charge in [0.1, 0.15) is 0 Å². The van der Waals surface area contributed by atoms with Gasteiger partial charge in [-0.2, -0.15) is 11.8 Å². The molecule has 0 aliphatic carbocycles. The van der Waals surface area contributed by atoms with Crippen LogP contribution in [0.3, 0.4) is 0 Å². The summed E-state index contributed by atoms with van der Waals surface area (Å²) in [5.74, 6) is 2.49. The molecule has 2 N–H and O–H groups in total. The van der Waals surface area contributed by atoms with Gasteiger partial charge in [0, 0.05) is 16.2 Å². The maximum atomic E-state index is 5.92. The number of rotatable bonds is 5. The molecule has 1 aliphatic rings. The Morgan fingerprint density at radius 2 is 2.12 bits per heavy atom. The van der Waals surface area contributed by atoms with E-state index in [0.717, 1.165) is 6.54 Å². The summed E-state index contributed by atoms with van der Waals surface area (Å²) in [5, 5.41) is 0. The standard InChI is InChI=1S/C13H19NS2/c14-11-13(7-4-9-16-13)8-10-15-12-5-2-1-3-6-12/h1-3,5-6H,4,7-11,14H2. The topological polar surface area (TPSA) is 26.0 Å². The number of hydrogen-bond acceptors (Lipinski definition) is 3. The predicted octanol–water partition coefficient (Wildman–Crippen LogP) is 3.39. The third kappa shape index (κ3) is 3.19. The molecule has 1 nitrogen and oxygen atoms in total. The normalized spacial score (nSPS) is 24.8. The number of benzene rings is 1. The quantitative estimate of drug-likeness (QED) is 0.815. The SMILES string of the molecule is NCC1(CCSc2ccccc2)CCCS1. The van der Waals surface area contributed by atoms with Crippen LogP contribution in [0.5, 0.6) is 0 Å². The summed E-state index contributed by atoms with van der Waals surface area (Å²) < 4.78 is 0.391. The lowest BCUT2D eigenvalue weighted by atomic mass is 10.0. The molecule has 1 aromatic carbocycles. The molecule has 3 heteroatoms. The summed E-state index contributed by atoms with van der Waals surface area (Å²) in [7, 11) is 0. The maximum absolute atomic E-state index is 5.92. The Balaban J connectivity index is 1.79.